The zero-order chi connectivity index (χ0) is 22.8. The van der Waals surface area contributed by atoms with Gasteiger partial charge in [0.05, 0.1) is 0 Å². The maximum Gasteiger partial charge on any atom is 0.243 e. The molecule has 4 nitrogen and oxygen atoms in total. The van der Waals surface area contributed by atoms with Gasteiger partial charge in [-0.1, -0.05) is 55.3 Å². The molecule has 2 amide bonds. The van der Waals surface area contributed by atoms with Crippen molar-refractivity contribution in [2.75, 3.05) is 5.75 Å². The average molecular weight is 461 g/mol. The van der Waals surface area contributed by atoms with Crippen LogP contribution in [0.5, 0.6) is 0 Å². The fourth-order valence-electron chi connectivity index (χ4n) is 3.18. The van der Waals surface area contributed by atoms with Crippen LogP contribution in [0.25, 0.3) is 0 Å². The number of carbonyl (C=O) groups is 2. The molecule has 0 saturated carbocycles. The van der Waals surface area contributed by atoms with E-state index in [4.69, 9.17) is 11.6 Å². The van der Waals surface area contributed by atoms with Gasteiger partial charge in [0, 0.05) is 34.7 Å². The lowest BCUT2D eigenvalue weighted by Crippen LogP contribution is -2.50. The Kier molecular flexibility index (Phi) is 10.4. The quantitative estimate of drug-likeness (QED) is 0.427. The van der Waals surface area contributed by atoms with Crippen LogP contribution in [0.4, 0.5) is 0 Å². The van der Waals surface area contributed by atoms with Crippen LogP contribution in [-0.4, -0.2) is 34.6 Å². The van der Waals surface area contributed by atoms with Crippen molar-refractivity contribution in [2.45, 2.75) is 70.5 Å². The van der Waals surface area contributed by atoms with Gasteiger partial charge in [-0.3, -0.25) is 9.59 Å². The molecular weight excluding hydrogens is 428 g/mol. The number of benzene rings is 2. The number of rotatable bonds is 11. The van der Waals surface area contributed by atoms with Gasteiger partial charge >= 0.3 is 0 Å². The van der Waals surface area contributed by atoms with E-state index in [9.17, 15) is 9.59 Å². The second-order valence-electron chi connectivity index (χ2n) is 7.80. The second kappa shape index (κ2) is 12.8. The molecule has 0 aromatic heterocycles. The van der Waals surface area contributed by atoms with Crippen LogP contribution in [0.3, 0.4) is 0 Å². The Morgan fingerprint density at radius 3 is 2.26 bits per heavy atom. The maximum atomic E-state index is 13.2. The highest BCUT2D eigenvalue weighted by molar-refractivity contribution is 7.99. The van der Waals surface area contributed by atoms with Crippen molar-refractivity contribution in [2.24, 2.45) is 0 Å². The molecule has 0 fully saturated rings. The van der Waals surface area contributed by atoms with Crippen molar-refractivity contribution in [3.05, 3.63) is 64.7 Å². The number of carbonyl (C=O) groups excluding carboxylic acids is 2. The van der Waals surface area contributed by atoms with E-state index < -0.39 is 6.04 Å². The molecule has 0 aliphatic heterocycles. The van der Waals surface area contributed by atoms with Crippen LogP contribution in [0, 0.1) is 6.92 Å². The highest BCUT2D eigenvalue weighted by Crippen LogP contribution is 2.22. The lowest BCUT2D eigenvalue weighted by Gasteiger charge is -2.31. The van der Waals surface area contributed by atoms with E-state index in [0.717, 1.165) is 16.9 Å². The minimum absolute atomic E-state index is 0.00631. The van der Waals surface area contributed by atoms with Gasteiger partial charge in [-0.2, -0.15) is 0 Å². The predicted molar refractivity (Wildman–Crippen MR) is 130 cm³/mol. The van der Waals surface area contributed by atoms with Crippen molar-refractivity contribution >= 4 is 35.2 Å². The molecule has 2 rings (SSSR count). The second-order valence-corrected chi connectivity index (χ2v) is 9.41. The molecule has 31 heavy (non-hydrogen) atoms. The highest BCUT2D eigenvalue weighted by atomic mass is 35.5. The summed E-state index contributed by atoms with van der Waals surface area (Å²) < 4.78 is 0. The van der Waals surface area contributed by atoms with Gasteiger partial charge in [0.15, 0.2) is 0 Å². The number of nitrogens with zero attached hydrogens (tertiary/aromatic N) is 1. The highest BCUT2D eigenvalue weighted by Gasteiger charge is 2.28. The summed E-state index contributed by atoms with van der Waals surface area (Å²) in [6.45, 7) is 8.44. The topological polar surface area (TPSA) is 49.4 Å². The van der Waals surface area contributed by atoms with E-state index >= 15 is 0 Å². The molecule has 0 bridgehead atoms. The Labute approximate surface area is 195 Å². The van der Waals surface area contributed by atoms with Gasteiger partial charge in [0.25, 0.3) is 0 Å². The van der Waals surface area contributed by atoms with Crippen LogP contribution < -0.4 is 5.32 Å². The normalized spacial score (nSPS) is 12.8. The van der Waals surface area contributed by atoms with Crippen molar-refractivity contribution in [1.29, 1.82) is 0 Å². The number of nitrogens with one attached hydrogen (secondary N) is 1. The smallest absolute Gasteiger partial charge is 0.243 e. The first-order valence-electron chi connectivity index (χ1n) is 10.9. The molecule has 0 unspecified atom stereocenters. The SMILES string of the molecule is CC[C@H](C)NC(=O)[C@H](CC)N(Cc1ccc(C)cc1)C(=O)CCSc1ccc(Cl)cc1. The number of halogens is 1. The van der Waals surface area contributed by atoms with Crippen LogP contribution in [0.15, 0.2) is 53.4 Å². The fraction of sp³-hybridized carbons (Fsp3) is 0.440. The largest absolute Gasteiger partial charge is 0.352 e. The van der Waals surface area contributed by atoms with E-state index in [2.05, 4.69) is 5.32 Å². The van der Waals surface area contributed by atoms with Crippen LogP contribution >= 0.6 is 23.4 Å². The first-order valence-corrected chi connectivity index (χ1v) is 12.2. The molecular formula is C25H33ClN2O2S. The fourth-order valence-corrected chi connectivity index (χ4v) is 4.15. The van der Waals surface area contributed by atoms with Crippen LogP contribution in [0.1, 0.15) is 51.2 Å². The molecule has 2 aromatic rings. The summed E-state index contributed by atoms with van der Waals surface area (Å²) in [4.78, 5) is 29.0. The van der Waals surface area contributed by atoms with Gasteiger partial charge in [-0.15, -0.1) is 11.8 Å². The van der Waals surface area contributed by atoms with Crippen molar-refractivity contribution in [3.8, 4) is 0 Å². The summed E-state index contributed by atoms with van der Waals surface area (Å²) in [6, 6.07) is 15.3. The summed E-state index contributed by atoms with van der Waals surface area (Å²) in [7, 11) is 0. The zero-order valence-corrected chi connectivity index (χ0v) is 20.4. The Bertz CT molecular complexity index is 840. The third-order valence-electron chi connectivity index (χ3n) is 5.26. The molecule has 0 aliphatic carbocycles. The number of hydrogen-bond acceptors (Lipinski definition) is 3. The van der Waals surface area contributed by atoms with Gasteiger partial charge in [0.1, 0.15) is 6.04 Å². The third kappa shape index (κ3) is 8.23. The number of thioether (sulfide) groups is 1. The van der Waals surface area contributed by atoms with E-state index in [1.54, 1.807) is 16.7 Å². The Hall–Kier alpha value is -1.98. The Morgan fingerprint density at radius 2 is 1.68 bits per heavy atom. The summed E-state index contributed by atoms with van der Waals surface area (Å²) in [6.07, 6.45) is 1.79. The molecule has 0 saturated heterocycles. The standard InChI is InChI=1S/C25H33ClN2O2S/c1-5-19(4)27-25(30)23(6-2)28(17-20-9-7-18(3)8-10-20)24(29)15-16-31-22-13-11-21(26)12-14-22/h7-14,19,23H,5-6,15-17H2,1-4H3,(H,27,30)/t19-,23-/m0/s1. The molecule has 2 aromatic carbocycles. The lowest BCUT2D eigenvalue weighted by molar-refractivity contribution is -0.141. The molecule has 0 heterocycles. The summed E-state index contributed by atoms with van der Waals surface area (Å²) in [5, 5.41) is 3.74. The van der Waals surface area contributed by atoms with E-state index in [1.807, 2.05) is 76.2 Å². The maximum absolute atomic E-state index is 13.2. The van der Waals surface area contributed by atoms with Crippen molar-refractivity contribution in [3.63, 3.8) is 0 Å². The van der Waals surface area contributed by atoms with Gasteiger partial charge in [-0.05, 0) is 56.5 Å². The third-order valence-corrected chi connectivity index (χ3v) is 6.52. The molecule has 6 heteroatoms. The Morgan fingerprint density at radius 1 is 1.03 bits per heavy atom. The van der Waals surface area contributed by atoms with E-state index in [-0.39, 0.29) is 17.9 Å². The summed E-state index contributed by atoms with van der Waals surface area (Å²) in [5.74, 6) is 0.560. The van der Waals surface area contributed by atoms with E-state index in [1.165, 1.54) is 5.56 Å². The minimum Gasteiger partial charge on any atom is -0.352 e. The van der Waals surface area contributed by atoms with Crippen molar-refractivity contribution < 1.29 is 9.59 Å². The molecule has 1 N–H and O–H groups in total. The average Bonchev–Trinajstić information content (AvgIpc) is 2.76. The Balaban J connectivity index is 2.12. The van der Waals surface area contributed by atoms with Crippen molar-refractivity contribution in [1.82, 2.24) is 10.2 Å². The predicted octanol–water partition coefficient (Wildman–Crippen LogP) is 5.85. The molecule has 0 spiro atoms. The molecule has 0 aliphatic rings. The van der Waals surface area contributed by atoms with Crippen LogP contribution in [-0.2, 0) is 16.1 Å². The number of aryl methyl sites for hydroxylation is 1. The van der Waals surface area contributed by atoms with Gasteiger partial charge in [0.2, 0.25) is 11.8 Å². The molecule has 168 valence electrons. The molecule has 0 radical (unpaired) electrons. The van der Waals surface area contributed by atoms with E-state index in [0.29, 0.717) is 30.2 Å². The zero-order valence-electron chi connectivity index (χ0n) is 18.9. The number of hydrogen-bond donors (Lipinski definition) is 1. The monoisotopic (exact) mass is 460 g/mol. The summed E-state index contributed by atoms with van der Waals surface area (Å²) in [5.41, 5.74) is 2.20. The number of amides is 2. The van der Waals surface area contributed by atoms with Gasteiger partial charge < -0.3 is 10.2 Å². The van der Waals surface area contributed by atoms with Gasteiger partial charge in [-0.25, -0.2) is 0 Å². The first kappa shape index (κ1) is 25.3. The summed E-state index contributed by atoms with van der Waals surface area (Å²) >= 11 is 7.56. The lowest BCUT2D eigenvalue weighted by atomic mass is 10.1. The first-order chi connectivity index (χ1) is 14.8. The minimum atomic E-state index is -0.483. The molecule has 2 atom stereocenters. The van der Waals surface area contributed by atoms with Crippen LogP contribution in [0.2, 0.25) is 5.02 Å².